The number of halogens is 2. The van der Waals surface area contributed by atoms with Crippen molar-refractivity contribution in [3.8, 4) is 5.75 Å². The molecular formula is C19H13Cl2N3O2S3. The number of thiophene rings is 1. The Morgan fingerprint density at radius 1 is 1.17 bits per heavy atom. The van der Waals surface area contributed by atoms with Gasteiger partial charge in [0.05, 0.1) is 21.8 Å². The van der Waals surface area contributed by atoms with E-state index in [0.29, 0.717) is 26.7 Å². The summed E-state index contributed by atoms with van der Waals surface area (Å²) in [6, 6.07) is 11.0. The Morgan fingerprint density at radius 2 is 2.00 bits per heavy atom. The van der Waals surface area contributed by atoms with Gasteiger partial charge >= 0.3 is 0 Å². The molecule has 2 aromatic carbocycles. The van der Waals surface area contributed by atoms with Crippen molar-refractivity contribution in [1.82, 2.24) is 10.3 Å². The van der Waals surface area contributed by atoms with E-state index in [1.165, 1.54) is 22.7 Å². The Kier molecular flexibility index (Phi) is 5.89. The van der Waals surface area contributed by atoms with Crippen LogP contribution in [0.2, 0.25) is 10.0 Å². The van der Waals surface area contributed by atoms with Crippen LogP contribution in [0.1, 0.15) is 16.6 Å². The van der Waals surface area contributed by atoms with Crippen molar-refractivity contribution in [3.63, 3.8) is 0 Å². The van der Waals surface area contributed by atoms with Gasteiger partial charge in [-0.2, -0.15) is 0 Å². The summed E-state index contributed by atoms with van der Waals surface area (Å²) in [4.78, 5) is 17.5. The summed E-state index contributed by atoms with van der Waals surface area (Å²) < 4.78 is 7.30. The van der Waals surface area contributed by atoms with E-state index >= 15 is 0 Å². The molecule has 0 saturated carbocycles. The molecule has 4 aromatic rings. The molecular weight excluding hydrogens is 469 g/mol. The predicted octanol–water partition coefficient (Wildman–Crippen LogP) is 6.34. The van der Waals surface area contributed by atoms with Gasteiger partial charge in [-0.25, -0.2) is 4.98 Å². The molecule has 0 aliphatic heterocycles. The number of fused-ring (bicyclic) bond motifs is 2. The minimum Gasteiger partial charge on any atom is -0.494 e. The fourth-order valence-electron chi connectivity index (χ4n) is 2.69. The van der Waals surface area contributed by atoms with E-state index < -0.39 is 0 Å². The monoisotopic (exact) mass is 481 g/mol. The zero-order chi connectivity index (χ0) is 20.5. The Labute approximate surface area is 189 Å². The first-order valence-electron chi connectivity index (χ1n) is 8.48. The molecule has 4 rings (SSSR count). The highest BCUT2D eigenvalue weighted by molar-refractivity contribution is 7.80. The number of hydrogen-bond acceptors (Lipinski definition) is 6. The number of ether oxygens (including phenoxy) is 1. The Balaban J connectivity index is 1.49. The zero-order valence-electron chi connectivity index (χ0n) is 14.9. The van der Waals surface area contributed by atoms with Crippen molar-refractivity contribution in [2.45, 2.75) is 6.92 Å². The van der Waals surface area contributed by atoms with Gasteiger partial charge in [-0.05, 0) is 49.5 Å². The van der Waals surface area contributed by atoms with Crippen molar-refractivity contribution >= 4 is 94.5 Å². The number of carbonyl (C=O) groups is 1. The van der Waals surface area contributed by atoms with E-state index in [9.17, 15) is 4.79 Å². The number of benzene rings is 2. The molecule has 29 heavy (non-hydrogen) atoms. The lowest BCUT2D eigenvalue weighted by molar-refractivity contribution is 0.0982. The Morgan fingerprint density at radius 3 is 2.79 bits per heavy atom. The summed E-state index contributed by atoms with van der Waals surface area (Å²) in [5, 5.41) is 8.07. The van der Waals surface area contributed by atoms with Crippen LogP contribution in [0.5, 0.6) is 5.75 Å². The van der Waals surface area contributed by atoms with Gasteiger partial charge in [-0.3, -0.25) is 10.1 Å². The van der Waals surface area contributed by atoms with Gasteiger partial charge in [-0.15, -0.1) is 11.3 Å². The number of aromatic nitrogens is 1. The SMILES string of the molecule is CCOc1ccc2nc(NC(=S)NC(=O)c3sc4cc(Cl)ccc4c3Cl)sc2c1. The molecule has 0 spiro atoms. The van der Waals surface area contributed by atoms with Gasteiger partial charge < -0.3 is 10.1 Å². The molecule has 0 unspecified atom stereocenters. The summed E-state index contributed by atoms with van der Waals surface area (Å²) in [5.74, 6) is 0.398. The van der Waals surface area contributed by atoms with Crippen LogP contribution in [0.4, 0.5) is 5.13 Å². The molecule has 5 nitrogen and oxygen atoms in total. The number of rotatable bonds is 4. The molecule has 0 radical (unpaired) electrons. The lowest BCUT2D eigenvalue weighted by atomic mass is 10.2. The van der Waals surface area contributed by atoms with Crippen LogP contribution < -0.4 is 15.4 Å². The fourth-order valence-corrected chi connectivity index (χ4v) is 5.53. The first-order chi connectivity index (χ1) is 13.9. The molecule has 2 aromatic heterocycles. The largest absolute Gasteiger partial charge is 0.494 e. The quantitative estimate of drug-likeness (QED) is 0.332. The third kappa shape index (κ3) is 4.31. The average molecular weight is 482 g/mol. The minimum absolute atomic E-state index is 0.144. The van der Waals surface area contributed by atoms with E-state index in [-0.39, 0.29) is 11.0 Å². The third-order valence-electron chi connectivity index (χ3n) is 3.92. The molecule has 2 heterocycles. The molecule has 0 atom stereocenters. The molecule has 0 fully saturated rings. The second-order valence-electron chi connectivity index (χ2n) is 5.88. The van der Waals surface area contributed by atoms with Crippen molar-refractivity contribution in [3.05, 3.63) is 51.3 Å². The highest BCUT2D eigenvalue weighted by atomic mass is 35.5. The number of nitrogens with one attached hydrogen (secondary N) is 2. The number of hydrogen-bond donors (Lipinski definition) is 2. The van der Waals surface area contributed by atoms with Crippen LogP contribution in [-0.2, 0) is 0 Å². The van der Waals surface area contributed by atoms with Crippen molar-refractivity contribution in [1.29, 1.82) is 0 Å². The number of anilines is 1. The van der Waals surface area contributed by atoms with Gasteiger partial charge in [-0.1, -0.05) is 40.6 Å². The number of thiazole rings is 1. The van der Waals surface area contributed by atoms with E-state index in [0.717, 1.165) is 26.1 Å². The standard InChI is InChI=1S/C19H13Cl2N3O2S3/c1-2-26-10-4-6-12-14(8-10)29-19(22-12)24-18(27)23-17(25)16-15(21)11-5-3-9(20)7-13(11)28-16/h3-8H,2H2,1H3,(H2,22,23,24,25,27). The Hall–Kier alpha value is -1.97. The van der Waals surface area contributed by atoms with Crippen LogP contribution in [0, 0.1) is 0 Å². The number of amides is 1. The zero-order valence-corrected chi connectivity index (χ0v) is 18.9. The highest BCUT2D eigenvalue weighted by Gasteiger charge is 2.18. The minimum atomic E-state index is -0.385. The number of thiocarbonyl (C=S) groups is 1. The first kappa shape index (κ1) is 20.3. The second-order valence-corrected chi connectivity index (χ2v) is 9.18. The van der Waals surface area contributed by atoms with E-state index in [2.05, 4.69) is 15.6 Å². The van der Waals surface area contributed by atoms with Crippen molar-refractivity contribution in [2.75, 3.05) is 11.9 Å². The summed E-state index contributed by atoms with van der Waals surface area (Å²) >= 11 is 20.3. The summed E-state index contributed by atoms with van der Waals surface area (Å²) in [6.07, 6.45) is 0. The number of carbonyl (C=O) groups excluding carboxylic acids is 1. The molecule has 10 heteroatoms. The first-order valence-corrected chi connectivity index (χ1v) is 11.3. The second kappa shape index (κ2) is 8.41. The average Bonchev–Trinajstić information content (AvgIpc) is 3.21. The molecule has 0 saturated heterocycles. The maximum atomic E-state index is 12.6. The van der Waals surface area contributed by atoms with Gasteiger partial charge in [0.15, 0.2) is 10.2 Å². The van der Waals surface area contributed by atoms with Crippen LogP contribution in [-0.4, -0.2) is 22.6 Å². The fraction of sp³-hybridized carbons (Fsp3) is 0.105. The third-order valence-corrected chi connectivity index (χ3v) is 6.94. The molecule has 0 aliphatic rings. The molecule has 1 amide bonds. The summed E-state index contributed by atoms with van der Waals surface area (Å²) in [5.41, 5.74) is 0.819. The normalized spacial score (nSPS) is 11.0. The van der Waals surface area contributed by atoms with Crippen molar-refractivity contribution in [2.24, 2.45) is 0 Å². The maximum Gasteiger partial charge on any atom is 0.269 e. The lowest BCUT2D eigenvalue weighted by Crippen LogP contribution is -2.33. The maximum absolute atomic E-state index is 12.6. The van der Waals surface area contributed by atoms with E-state index in [1.807, 2.05) is 25.1 Å². The van der Waals surface area contributed by atoms with Crippen LogP contribution in [0.3, 0.4) is 0 Å². The molecule has 148 valence electrons. The van der Waals surface area contributed by atoms with Gasteiger partial charge in [0.25, 0.3) is 5.91 Å². The van der Waals surface area contributed by atoms with E-state index in [1.54, 1.807) is 18.2 Å². The lowest BCUT2D eigenvalue weighted by Gasteiger charge is -2.06. The predicted molar refractivity (Wildman–Crippen MR) is 126 cm³/mol. The van der Waals surface area contributed by atoms with Crippen LogP contribution >= 0.6 is 58.1 Å². The number of nitrogens with zero attached hydrogens (tertiary/aromatic N) is 1. The molecule has 0 aliphatic carbocycles. The summed E-state index contributed by atoms with van der Waals surface area (Å²) in [7, 11) is 0. The van der Waals surface area contributed by atoms with Crippen LogP contribution in [0.25, 0.3) is 20.3 Å². The summed E-state index contributed by atoms with van der Waals surface area (Å²) in [6.45, 7) is 2.53. The Bertz CT molecular complexity index is 1250. The van der Waals surface area contributed by atoms with Gasteiger partial charge in [0.2, 0.25) is 0 Å². The van der Waals surface area contributed by atoms with Gasteiger partial charge in [0.1, 0.15) is 10.6 Å². The highest BCUT2D eigenvalue weighted by Crippen LogP contribution is 2.36. The van der Waals surface area contributed by atoms with Crippen LogP contribution in [0.15, 0.2) is 36.4 Å². The molecule has 0 bridgehead atoms. The topological polar surface area (TPSA) is 63.2 Å². The smallest absolute Gasteiger partial charge is 0.269 e. The van der Waals surface area contributed by atoms with E-state index in [4.69, 9.17) is 40.2 Å². The molecule has 2 N–H and O–H groups in total. The van der Waals surface area contributed by atoms with Crippen molar-refractivity contribution < 1.29 is 9.53 Å². The van der Waals surface area contributed by atoms with Gasteiger partial charge in [0, 0.05) is 15.1 Å².